The Labute approximate surface area is 194 Å². The largest absolute Gasteiger partial charge is 0.497 e. The molecule has 0 saturated carbocycles. The number of anilines is 2. The van der Waals surface area contributed by atoms with Gasteiger partial charge in [0.2, 0.25) is 0 Å². The zero-order valence-corrected chi connectivity index (χ0v) is 18.8. The summed E-state index contributed by atoms with van der Waals surface area (Å²) in [6.07, 6.45) is 1.43. The highest BCUT2D eigenvalue weighted by atomic mass is 32.1. The van der Waals surface area contributed by atoms with Gasteiger partial charge in [0.1, 0.15) is 22.2 Å². The predicted molar refractivity (Wildman–Crippen MR) is 126 cm³/mol. The molecule has 9 heteroatoms. The van der Waals surface area contributed by atoms with E-state index in [1.807, 2.05) is 31.2 Å². The number of hydrogen-bond donors (Lipinski definition) is 2. The molecule has 168 valence electrons. The summed E-state index contributed by atoms with van der Waals surface area (Å²) in [6.45, 7) is 1.79. The molecular formula is C24H21N3O5S. The van der Waals surface area contributed by atoms with Crippen molar-refractivity contribution in [2.45, 2.75) is 6.92 Å². The van der Waals surface area contributed by atoms with E-state index in [1.54, 1.807) is 43.5 Å². The van der Waals surface area contributed by atoms with Crippen LogP contribution in [-0.2, 0) is 4.79 Å². The first-order valence-corrected chi connectivity index (χ1v) is 10.8. The zero-order chi connectivity index (χ0) is 23.2. The summed E-state index contributed by atoms with van der Waals surface area (Å²) in [6, 6.07) is 17.8. The fourth-order valence-electron chi connectivity index (χ4n) is 2.91. The first kappa shape index (κ1) is 22.1. The smallest absolute Gasteiger partial charge is 0.292 e. The van der Waals surface area contributed by atoms with Gasteiger partial charge in [-0.2, -0.15) is 0 Å². The number of nitrogens with zero attached hydrogens (tertiary/aromatic N) is 1. The molecule has 2 heterocycles. The van der Waals surface area contributed by atoms with Gasteiger partial charge in [0.15, 0.2) is 17.5 Å². The highest BCUT2D eigenvalue weighted by molar-refractivity contribution is 7.20. The van der Waals surface area contributed by atoms with Crippen LogP contribution in [0.25, 0.3) is 11.3 Å². The molecule has 0 spiro atoms. The van der Waals surface area contributed by atoms with Crippen LogP contribution in [0.3, 0.4) is 0 Å². The molecule has 2 amide bonds. The molecule has 0 fully saturated rings. The van der Waals surface area contributed by atoms with Gasteiger partial charge in [-0.3, -0.25) is 14.9 Å². The van der Waals surface area contributed by atoms with Crippen molar-refractivity contribution in [3.05, 3.63) is 78.3 Å². The number of thiazole rings is 1. The minimum absolute atomic E-state index is 0.178. The maximum Gasteiger partial charge on any atom is 0.292 e. The van der Waals surface area contributed by atoms with Crippen LogP contribution >= 0.6 is 11.3 Å². The number of aromatic nitrogens is 1. The highest BCUT2D eigenvalue weighted by Gasteiger charge is 2.19. The summed E-state index contributed by atoms with van der Waals surface area (Å²) in [5.41, 5.74) is 2.45. The minimum Gasteiger partial charge on any atom is -0.497 e. The summed E-state index contributed by atoms with van der Waals surface area (Å²) in [4.78, 5) is 29.5. The summed E-state index contributed by atoms with van der Waals surface area (Å²) >= 11 is 1.15. The fourth-order valence-corrected chi connectivity index (χ4v) is 3.81. The Kier molecular flexibility index (Phi) is 6.70. The number of carbonyl (C=O) groups excluding carboxylic acids is 2. The van der Waals surface area contributed by atoms with Crippen LogP contribution in [0.1, 0.15) is 16.1 Å². The van der Waals surface area contributed by atoms with Crippen molar-refractivity contribution in [3.8, 4) is 22.8 Å². The van der Waals surface area contributed by atoms with Gasteiger partial charge in [0, 0.05) is 5.56 Å². The molecule has 33 heavy (non-hydrogen) atoms. The highest BCUT2D eigenvalue weighted by Crippen LogP contribution is 2.36. The molecule has 8 nitrogen and oxygen atoms in total. The Morgan fingerprint density at radius 2 is 1.73 bits per heavy atom. The Balaban J connectivity index is 1.49. The molecule has 0 aliphatic heterocycles. The Morgan fingerprint density at radius 1 is 1.00 bits per heavy atom. The van der Waals surface area contributed by atoms with Crippen LogP contribution in [0.4, 0.5) is 10.1 Å². The zero-order valence-electron chi connectivity index (χ0n) is 18.0. The number of rotatable bonds is 8. The van der Waals surface area contributed by atoms with Gasteiger partial charge in [0.25, 0.3) is 11.8 Å². The van der Waals surface area contributed by atoms with Crippen molar-refractivity contribution in [1.29, 1.82) is 0 Å². The average molecular weight is 464 g/mol. The lowest BCUT2D eigenvalue weighted by Crippen LogP contribution is -2.20. The molecule has 4 rings (SSSR count). The quantitative estimate of drug-likeness (QED) is 0.382. The number of carbonyl (C=O) groups is 2. The molecule has 0 saturated heterocycles. The lowest BCUT2D eigenvalue weighted by Gasteiger charge is -2.06. The maximum atomic E-state index is 12.5. The second-order valence-corrected chi connectivity index (χ2v) is 8.01. The van der Waals surface area contributed by atoms with Crippen LogP contribution in [0.15, 0.2) is 71.3 Å². The van der Waals surface area contributed by atoms with E-state index in [2.05, 4.69) is 15.6 Å². The van der Waals surface area contributed by atoms with Crippen molar-refractivity contribution in [1.82, 2.24) is 4.98 Å². The lowest BCUT2D eigenvalue weighted by molar-refractivity contribution is -0.118. The minimum atomic E-state index is -0.405. The molecule has 0 unspecified atom stereocenters. The third-order valence-corrected chi connectivity index (χ3v) is 5.49. The van der Waals surface area contributed by atoms with Gasteiger partial charge in [-0.1, -0.05) is 41.2 Å². The van der Waals surface area contributed by atoms with Crippen LogP contribution in [0, 0.1) is 6.92 Å². The molecule has 2 N–H and O–H groups in total. The number of benzene rings is 2. The van der Waals surface area contributed by atoms with Crippen molar-refractivity contribution < 1.29 is 23.5 Å². The van der Waals surface area contributed by atoms with Gasteiger partial charge in [-0.15, -0.1) is 0 Å². The summed E-state index contributed by atoms with van der Waals surface area (Å²) in [7, 11) is 1.58. The monoisotopic (exact) mass is 463 g/mol. The molecule has 0 bridgehead atoms. The SMILES string of the molecule is COc1ccc(OCC(=O)Nc2nc(-c3ccc(C)cc3)c(NC(=O)c3ccco3)s2)cc1. The predicted octanol–water partition coefficient (Wildman–Crippen LogP) is 4.99. The molecule has 0 aliphatic rings. The molecule has 4 aromatic rings. The molecule has 2 aromatic carbocycles. The van der Waals surface area contributed by atoms with Crippen molar-refractivity contribution >= 4 is 33.3 Å². The molecular weight excluding hydrogens is 442 g/mol. The number of methoxy groups -OCH3 is 1. The molecule has 0 aliphatic carbocycles. The molecule has 0 radical (unpaired) electrons. The van der Waals surface area contributed by atoms with Crippen molar-refractivity contribution in [2.24, 2.45) is 0 Å². The topological polar surface area (TPSA) is 103 Å². The van der Waals surface area contributed by atoms with E-state index < -0.39 is 5.91 Å². The lowest BCUT2D eigenvalue weighted by atomic mass is 10.1. The van der Waals surface area contributed by atoms with E-state index in [-0.39, 0.29) is 18.3 Å². The van der Waals surface area contributed by atoms with E-state index in [0.29, 0.717) is 27.3 Å². The maximum absolute atomic E-state index is 12.5. The van der Waals surface area contributed by atoms with Crippen molar-refractivity contribution in [2.75, 3.05) is 24.4 Å². The van der Waals surface area contributed by atoms with Crippen LogP contribution in [0.5, 0.6) is 11.5 Å². The number of furan rings is 1. The van der Waals surface area contributed by atoms with E-state index in [1.165, 1.54) is 6.26 Å². The molecule has 2 aromatic heterocycles. The van der Waals surface area contributed by atoms with E-state index in [0.717, 1.165) is 22.5 Å². The summed E-state index contributed by atoms with van der Waals surface area (Å²) in [5.74, 6) is 0.632. The van der Waals surface area contributed by atoms with E-state index in [9.17, 15) is 9.59 Å². The second kappa shape index (κ2) is 10.0. The van der Waals surface area contributed by atoms with Gasteiger partial charge >= 0.3 is 0 Å². The van der Waals surface area contributed by atoms with E-state index >= 15 is 0 Å². The summed E-state index contributed by atoms with van der Waals surface area (Å²) < 4.78 is 15.8. The number of nitrogens with one attached hydrogen (secondary N) is 2. The number of ether oxygens (including phenoxy) is 2. The van der Waals surface area contributed by atoms with Crippen LogP contribution < -0.4 is 20.1 Å². The first-order chi connectivity index (χ1) is 16.0. The average Bonchev–Trinajstić information content (AvgIpc) is 3.49. The normalized spacial score (nSPS) is 10.5. The van der Waals surface area contributed by atoms with Gasteiger partial charge in [-0.25, -0.2) is 4.98 Å². The standard InChI is InChI=1S/C24H21N3O5S/c1-15-5-7-16(8-6-15)21-23(27-22(29)19-4-3-13-31-19)33-24(26-21)25-20(28)14-32-18-11-9-17(30-2)10-12-18/h3-13H,14H2,1-2H3,(H,27,29)(H,25,26,28). The Morgan fingerprint density at radius 3 is 2.39 bits per heavy atom. The number of amides is 2. The third-order valence-electron chi connectivity index (χ3n) is 4.60. The Hall–Kier alpha value is -4.11. The first-order valence-electron chi connectivity index (χ1n) is 10.0. The fraction of sp³-hybridized carbons (Fsp3) is 0.125. The Bertz CT molecular complexity index is 1230. The number of aryl methyl sites for hydroxylation is 1. The van der Waals surface area contributed by atoms with Crippen LogP contribution in [-0.4, -0.2) is 30.5 Å². The van der Waals surface area contributed by atoms with Gasteiger partial charge in [0.05, 0.1) is 13.4 Å². The molecule has 0 atom stereocenters. The third kappa shape index (κ3) is 5.58. The second-order valence-electron chi connectivity index (χ2n) is 7.01. The summed E-state index contributed by atoms with van der Waals surface area (Å²) in [5, 5.41) is 6.37. The van der Waals surface area contributed by atoms with Crippen LogP contribution in [0.2, 0.25) is 0 Å². The van der Waals surface area contributed by atoms with Gasteiger partial charge in [-0.05, 0) is 43.3 Å². The number of hydrogen-bond acceptors (Lipinski definition) is 7. The van der Waals surface area contributed by atoms with E-state index in [4.69, 9.17) is 13.9 Å². The van der Waals surface area contributed by atoms with Gasteiger partial charge < -0.3 is 19.2 Å². The van der Waals surface area contributed by atoms with Crippen molar-refractivity contribution in [3.63, 3.8) is 0 Å².